The molecule has 0 radical (unpaired) electrons. The number of benzene rings is 1. The van der Waals surface area contributed by atoms with Crippen molar-refractivity contribution in [3.8, 4) is 5.75 Å². The molecule has 0 saturated carbocycles. The van der Waals surface area contributed by atoms with E-state index in [2.05, 4.69) is 13.8 Å². The zero-order valence-corrected chi connectivity index (χ0v) is 11.7. The van der Waals surface area contributed by atoms with Gasteiger partial charge in [0.2, 0.25) is 0 Å². The first-order valence-corrected chi connectivity index (χ1v) is 6.40. The van der Waals surface area contributed by atoms with E-state index in [0.29, 0.717) is 30.2 Å². The lowest BCUT2D eigenvalue weighted by molar-refractivity contribution is 0.0963. The second-order valence-corrected chi connectivity index (χ2v) is 5.08. The zero-order valence-electron chi connectivity index (χ0n) is 11.7. The molecule has 1 aromatic rings. The molecule has 0 amide bonds. The number of rotatable bonds is 6. The van der Waals surface area contributed by atoms with Crippen LogP contribution in [0, 0.1) is 5.92 Å². The fourth-order valence-corrected chi connectivity index (χ4v) is 1.81. The summed E-state index contributed by atoms with van der Waals surface area (Å²) in [6.07, 6.45) is 0.467. The minimum atomic E-state index is 0.104. The molecule has 0 aliphatic rings. The number of carbonyl (C=O) groups excluding carboxylic acids is 1. The Morgan fingerprint density at radius 1 is 1.33 bits per heavy atom. The normalized spacial score (nSPS) is 12.6. The summed E-state index contributed by atoms with van der Waals surface area (Å²) in [6.45, 7) is 6.73. The van der Waals surface area contributed by atoms with Crippen molar-refractivity contribution in [3.05, 3.63) is 29.3 Å². The number of hydrogen-bond acceptors (Lipinski definition) is 3. The van der Waals surface area contributed by atoms with Crippen molar-refractivity contribution >= 4 is 5.78 Å². The van der Waals surface area contributed by atoms with Crippen molar-refractivity contribution in [2.75, 3.05) is 13.7 Å². The van der Waals surface area contributed by atoms with E-state index in [0.717, 1.165) is 5.56 Å². The Balaban J connectivity index is 3.04. The van der Waals surface area contributed by atoms with Gasteiger partial charge in [0, 0.05) is 6.42 Å². The van der Waals surface area contributed by atoms with Gasteiger partial charge >= 0.3 is 0 Å². The smallest absolute Gasteiger partial charge is 0.166 e. The molecule has 1 atom stereocenters. The predicted octanol–water partition coefficient (Wildman–Crippen LogP) is 2.99. The van der Waals surface area contributed by atoms with Crippen LogP contribution in [0.4, 0.5) is 0 Å². The summed E-state index contributed by atoms with van der Waals surface area (Å²) in [5.74, 6) is 1.35. The number of ether oxygens (including phenoxy) is 1. The quantitative estimate of drug-likeness (QED) is 0.788. The van der Waals surface area contributed by atoms with Crippen LogP contribution in [0.2, 0.25) is 0 Å². The molecule has 0 aliphatic carbocycles. The average Bonchev–Trinajstić information content (AvgIpc) is 2.37. The molecule has 0 bridgehead atoms. The minimum absolute atomic E-state index is 0.104. The zero-order chi connectivity index (χ0) is 13.7. The van der Waals surface area contributed by atoms with Gasteiger partial charge in [0.15, 0.2) is 5.78 Å². The third kappa shape index (κ3) is 3.57. The molecule has 0 aliphatic heterocycles. The van der Waals surface area contributed by atoms with E-state index in [1.54, 1.807) is 7.11 Å². The molecule has 100 valence electrons. The molecule has 3 nitrogen and oxygen atoms in total. The van der Waals surface area contributed by atoms with E-state index in [1.807, 2.05) is 25.1 Å². The first-order chi connectivity index (χ1) is 8.49. The van der Waals surface area contributed by atoms with Gasteiger partial charge in [0.05, 0.1) is 12.7 Å². The third-order valence-corrected chi connectivity index (χ3v) is 3.13. The molecule has 0 heterocycles. The summed E-state index contributed by atoms with van der Waals surface area (Å²) < 4.78 is 5.26. The molecule has 0 saturated heterocycles. The number of ketones is 1. The van der Waals surface area contributed by atoms with Crippen LogP contribution in [0.15, 0.2) is 18.2 Å². The SMILES string of the molecule is COc1ccc(C(C)C)cc1C(=O)CC(C)CN. The lowest BCUT2D eigenvalue weighted by Gasteiger charge is -2.13. The van der Waals surface area contributed by atoms with Gasteiger partial charge in [-0.15, -0.1) is 0 Å². The summed E-state index contributed by atoms with van der Waals surface area (Å²) in [7, 11) is 1.59. The molecule has 0 aromatic heterocycles. The monoisotopic (exact) mass is 249 g/mol. The van der Waals surface area contributed by atoms with Crippen LogP contribution in [0.3, 0.4) is 0 Å². The summed E-state index contributed by atoms with van der Waals surface area (Å²) in [4.78, 5) is 12.2. The van der Waals surface area contributed by atoms with Gasteiger partial charge in [0.1, 0.15) is 5.75 Å². The molecular formula is C15H23NO2. The second kappa shape index (κ2) is 6.55. The maximum absolute atomic E-state index is 12.2. The van der Waals surface area contributed by atoms with Gasteiger partial charge in [-0.1, -0.05) is 26.8 Å². The van der Waals surface area contributed by atoms with Crippen LogP contribution in [-0.4, -0.2) is 19.4 Å². The van der Waals surface area contributed by atoms with Gasteiger partial charge in [-0.3, -0.25) is 4.79 Å². The van der Waals surface area contributed by atoms with Gasteiger partial charge in [-0.05, 0) is 36.1 Å². The average molecular weight is 249 g/mol. The van der Waals surface area contributed by atoms with E-state index in [1.165, 1.54) is 0 Å². The molecular weight excluding hydrogens is 226 g/mol. The fraction of sp³-hybridized carbons (Fsp3) is 0.533. The molecule has 2 N–H and O–H groups in total. The molecule has 18 heavy (non-hydrogen) atoms. The van der Waals surface area contributed by atoms with E-state index >= 15 is 0 Å². The van der Waals surface area contributed by atoms with Crippen molar-refractivity contribution in [1.29, 1.82) is 0 Å². The third-order valence-electron chi connectivity index (χ3n) is 3.13. The Morgan fingerprint density at radius 3 is 2.50 bits per heavy atom. The fourth-order valence-electron chi connectivity index (χ4n) is 1.81. The highest BCUT2D eigenvalue weighted by Crippen LogP contribution is 2.26. The maximum atomic E-state index is 12.2. The van der Waals surface area contributed by atoms with Crippen molar-refractivity contribution in [2.24, 2.45) is 11.7 Å². The Hall–Kier alpha value is -1.35. The highest BCUT2D eigenvalue weighted by atomic mass is 16.5. The molecule has 3 heteroatoms. The summed E-state index contributed by atoms with van der Waals surface area (Å²) in [5, 5.41) is 0. The topological polar surface area (TPSA) is 52.3 Å². The number of methoxy groups -OCH3 is 1. The molecule has 0 spiro atoms. The highest BCUT2D eigenvalue weighted by molar-refractivity contribution is 5.99. The van der Waals surface area contributed by atoms with E-state index in [9.17, 15) is 4.79 Å². The van der Waals surface area contributed by atoms with E-state index < -0.39 is 0 Å². The largest absolute Gasteiger partial charge is 0.496 e. The van der Waals surface area contributed by atoms with Crippen LogP contribution < -0.4 is 10.5 Å². The number of carbonyl (C=O) groups is 1. The molecule has 1 unspecified atom stereocenters. The van der Waals surface area contributed by atoms with Gasteiger partial charge in [0.25, 0.3) is 0 Å². The maximum Gasteiger partial charge on any atom is 0.166 e. The highest BCUT2D eigenvalue weighted by Gasteiger charge is 2.16. The minimum Gasteiger partial charge on any atom is -0.496 e. The van der Waals surface area contributed by atoms with Crippen LogP contribution >= 0.6 is 0 Å². The Bertz CT molecular complexity index is 413. The van der Waals surface area contributed by atoms with Crippen molar-refractivity contribution < 1.29 is 9.53 Å². The number of Topliss-reactive ketones (excluding diaryl/α,β-unsaturated/α-hetero) is 1. The van der Waals surface area contributed by atoms with Crippen molar-refractivity contribution in [2.45, 2.75) is 33.1 Å². The first kappa shape index (κ1) is 14.7. The Morgan fingerprint density at radius 2 is 2.00 bits per heavy atom. The van der Waals surface area contributed by atoms with E-state index in [-0.39, 0.29) is 11.7 Å². The van der Waals surface area contributed by atoms with Gasteiger partial charge < -0.3 is 10.5 Å². The van der Waals surface area contributed by atoms with Crippen molar-refractivity contribution in [3.63, 3.8) is 0 Å². The Kier molecular flexibility index (Phi) is 5.35. The summed E-state index contributed by atoms with van der Waals surface area (Å²) in [6, 6.07) is 5.82. The summed E-state index contributed by atoms with van der Waals surface area (Å²) in [5.41, 5.74) is 7.39. The lowest BCUT2D eigenvalue weighted by Crippen LogP contribution is -2.16. The molecule has 1 aromatic carbocycles. The Labute approximate surface area is 109 Å². The van der Waals surface area contributed by atoms with Gasteiger partial charge in [-0.25, -0.2) is 0 Å². The number of nitrogens with two attached hydrogens (primary N) is 1. The van der Waals surface area contributed by atoms with Crippen LogP contribution in [0.5, 0.6) is 5.75 Å². The standard InChI is InChI=1S/C15H23NO2/c1-10(2)12-5-6-15(18-4)13(8-12)14(17)7-11(3)9-16/h5-6,8,10-11H,7,9,16H2,1-4H3. The summed E-state index contributed by atoms with van der Waals surface area (Å²) >= 11 is 0. The molecule has 0 fully saturated rings. The molecule has 1 rings (SSSR count). The second-order valence-electron chi connectivity index (χ2n) is 5.08. The van der Waals surface area contributed by atoms with Crippen LogP contribution in [-0.2, 0) is 0 Å². The lowest BCUT2D eigenvalue weighted by atomic mass is 9.94. The van der Waals surface area contributed by atoms with Crippen molar-refractivity contribution in [1.82, 2.24) is 0 Å². The van der Waals surface area contributed by atoms with Crippen LogP contribution in [0.1, 0.15) is 49.0 Å². The first-order valence-electron chi connectivity index (χ1n) is 6.40. The van der Waals surface area contributed by atoms with Gasteiger partial charge in [-0.2, -0.15) is 0 Å². The predicted molar refractivity (Wildman–Crippen MR) is 74.2 cm³/mol. The number of hydrogen-bond donors (Lipinski definition) is 1. The van der Waals surface area contributed by atoms with E-state index in [4.69, 9.17) is 10.5 Å². The van der Waals surface area contributed by atoms with Crippen LogP contribution in [0.25, 0.3) is 0 Å².